The molecule has 1 unspecified atom stereocenters. The first-order valence-corrected chi connectivity index (χ1v) is 7.38. The monoisotopic (exact) mass is 266 g/mol. The number of anilines is 1. The van der Waals surface area contributed by atoms with Gasteiger partial charge >= 0.3 is 5.97 Å². The number of thiophene rings is 1. The van der Waals surface area contributed by atoms with Crippen molar-refractivity contribution in [3.8, 4) is 0 Å². The van der Waals surface area contributed by atoms with E-state index in [1.807, 2.05) is 6.07 Å². The first kappa shape index (κ1) is 12.0. The minimum Gasteiger partial charge on any atom is -0.477 e. The van der Waals surface area contributed by atoms with Crippen LogP contribution in [0.2, 0.25) is 0 Å². The SMILES string of the molecule is O=C(O)c1ccc(N2CCCN3CCCC3C2)s1. The Hall–Kier alpha value is -1.07. The Labute approximate surface area is 111 Å². The van der Waals surface area contributed by atoms with E-state index in [-0.39, 0.29) is 0 Å². The van der Waals surface area contributed by atoms with Crippen molar-refractivity contribution < 1.29 is 9.90 Å². The number of carboxylic acid groups (broad SMARTS) is 1. The number of nitrogens with zero attached hydrogens (tertiary/aromatic N) is 2. The maximum Gasteiger partial charge on any atom is 0.345 e. The highest BCUT2D eigenvalue weighted by Gasteiger charge is 2.29. The third-order valence-electron chi connectivity index (χ3n) is 3.92. The van der Waals surface area contributed by atoms with Crippen molar-refractivity contribution in [1.82, 2.24) is 4.90 Å². The summed E-state index contributed by atoms with van der Waals surface area (Å²) in [7, 11) is 0. The first-order valence-electron chi connectivity index (χ1n) is 6.56. The average Bonchev–Trinajstić information content (AvgIpc) is 2.95. The van der Waals surface area contributed by atoms with Gasteiger partial charge in [-0.2, -0.15) is 0 Å². The minimum absolute atomic E-state index is 0.442. The fourth-order valence-electron chi connectivity index (χ4n) is 3.02. The second-order valence-electron chi connectivity index (χ2n) is 5.07. The minimum atomic E-state index is -0.816. The summed E-state index contributed by atoms with van der Waals surface area (Å²) in [5.74, 6) is -0.816. The van der Waals surface area contributed by atoms with E-state index in [0.717, 1.165) is 18.1 Å². The predicted octanol–water partition coefficient (Wildman–Crippen LogP) is 2.12. The van der Waals surface area contributed by atoms with Gasteiger partial charge in [-0.1, -0.05) is 0 Å². The lowest BCUT2D eigenvalue weighted by molar-refractivity contribution is 0.0702. The van der Waals surface area contributed by atoms with E-state index in [9.17, 15) is 4.79 Å². The normalized spacial score (nSPS) is 24.9. The summed E-state index contributed by atoms with van der Waals surface area (Å²) in [5, 5.41) is 10.1. The molecule has 1 aromatic heterocycles. The van der Waals surface area contributed by atoms with Gasteiger partial charge in [0.15, 0.2) is 0 Å². The van der Waals surface area contributed by atoms with Gasteiger partial charge in [-0.3, -0.25) is 4.90 Å². The van der Waals surface area contributed by atoms with Gasteiger partial charge in [-0.05, 0) is 37.9 Å². The molecule has 98 valence electrons. The average molecular weight is 266 g/mol. The Morgan fingerprint density at radius 1 is 1.28 bits per heavy atom. The second-order valence-corrected chi connectivity index (χ2v) is 6.14. The van der Waals surface area contributed by atoms with Gasteiger partial charge in [0.25, 0.3) is 0 Å². The van der Waals surface area contributed by atoms with Gasteiger partial charge in [-0.15, -0.1) is 11.3 Å². The third-order valence-corrected chi connectivity index (χ3v) is 5.05. The maximum absolute atomic E-state index is 10.9. The lowest BCUT2D eigenvalue weighted by Gasteiger charge is -2.25. The van der Waals surface area contributed by atoms with Gasteiger partial charge < -0.3 is 10.0 Å². The topological polar surface area (TPSA) is 43.8 Å². The van der Waals surface area contributed by atoms with Crippen LogP contribution < -0.4 is 4.90 Å². The Balaban J connectivity index is 1.76. The summed E-state index contributed by atoms with van der Waals surface area (Å²) >= 11 is 1.40. The number of hydrogen-bond donors (Lipinski definition) is 1. The molecule has 3 rings (SSSR count). The molecule has 0 spiro atoms. The van der Waals surface area contributed by atoms with Gasteiger partial charge in [-0.25, -0.2) is 4.79 Å². The lowest BCUT2D eigenvalue weighted by Crippen LogP contribution is -2.36. The molecule has 0 aliphatic carbocycles. The van der Waals surface area contributed by atoms with Crippen LogP contribution in [-0.2, 0) is 0 Å². The Morgan fingerprint density at radius 2 is 2.11 bits per heavy atom. The van der Waals surface area contributed by atoms with Crippen LogP contribution in [0.15, 0.2) is 12.1 Å². The largest absolute Gasteiger partial charge is 0.477 e. The zero-order valence-electron chi connectivity index (χ0n) is 10.3. The molecule has 2 aliphatic rings. The maximum atomic E-state index is 10.9. The van der Waals surface area contributed by atoms with Crippen LogP contribution in [0.1, 0.15) is 28.9 Å². The van der Waals surface area contributed by atoms with Gasteiger partial charge in [0.05, 0.1) is 5.00 Å². The van der Waals surface area contributed by atoms with Gasteiger partial charge in [0, 0.05) is 25.7 Å². The number of rotatable bonds is 2. The molecule has 1 atom stereocenters. The fraction of sp³-hybridized carbons (Fsp3) is 0.615. The fourth-order valence-corrected chi connectivity index (χ4v) is 3.90. The molecule has 0 bridgehead atoms. The summed E-state index contributed by atoms with van der Waals surface area (Å²) < 4.78 is 0. The summed E-state index contributed by atoms with van der Waals surface area (Å²) in [6.45, 7) is 4.54. The molecule has 0 amide bonds. The van der Waals surface area contributed by atoms with E-state index in [1.165, 1.54) is 43.7 Å². The number of aromatic carboxylic acids is 1. The Morgan fingerprint density at radius 3 is 2.89 bits per heavy atom. The quantitative estimate of drug-likeness (QED) is 0.890. The second kappa shape index (κ2) is 4.90. The van der Waals surface area contributed by atoms with Crippen LogP contribution in [0.25, 0.3) is 0 Å². The van der Waals surface area contributed by atoms with E-state index in [2.05, 4.69) is 9.80 Å². The molecule has 4 nitrogen and oxygen atoms in total. The molecule has 0 radical (unpaired) electrons. The summed E-state index contributed by atoms with van der Waals surface area (Å²) in [5.41, 5.74) is 0. The molecule has 2 fully saturated rings. The van der Waals surface area contributed by atoms with E-state index in [0.29, 0.717) is 10.9 Å². The molecule has 1 N–H and O–H groups in total. The smallest absolute Gasteiger partial charge is 0.345 e. The molecule has 5 heteroatoms. The van der Waals surface area contributed by atoms with Crippen LogP contribution in [-0.4, -0.2) is 48.2 Å². The van der Waals surface area contributed by atoms with Gasteiger partial charge in [0.2, 0.25) is 0 Å². The van der Waals surface area contributed by atoms with Crippen molar-refractivity contribution >= 4 is 22.3 Å². The Bertz CT molecular complexity index is 446. The van der Waals surface area contributed by atoms with Crippen molar-refractivity contribution in [3.05, 3.63) is 17.0 Å². The molecule has 0 aromatic carbocycles. The van der Waals surface area contributed by atoms with Crippen molar-refractivity contribution in [2.24, 2.45) is 0 Å². The highest BCUT2D eigenvalue weighted by molar-refractivity contribution is 7.17. The molecule has 1 aromatic rings. The lowest BCUT2D eigenvalue weighted by atomic mass is 10.2. The van der Waals surface area contributed by atoms with E-state index in [4.69, 9.17) is 5.11 Å². The number of hydrogen-bond acceptors (Lipinski definition) is 4. The Kier molecular flexibility index (Phi) is 3.26. The highest BCUT2D eigenvalue weighted by atomic mass is 32.1. The summed E-state index contributed by atoms with van der Waals surface area (Å²) in [6.07, 6.45) is 3.77. The highest BCUT2D eigenvalue weighted by Crippen LogP contribution is 2.30. The molecule has 0 saturated carbocycles. The van der Waals surface area contributed by atoms with Gasteiger partial charge in [0.1, 0.15) is 4.88 Å². The first-order chi connectivity index (χ1) is 8.74. The van der Waals surface area contributed by atoms with Crippen molar-refractivity contribution in [2.45, 2.75) is 25.3 Å². The van der Waals surface area contributed by atoms with Crippen LogP contribution in [0.3, 0.4) is 0 Å². The molecular weight excluding hydrogens is 248 g/mol. The predicted molar refractivity (Wildman–Crippen MR) is 72.7 cm³/mol. The van der Waals surface area contributed by atoms with Crippen molar-refractivity contribution in [3.63, 3.8) is 0 Å². The zero-order chi connectivity index (χ0) is 12.5. The van der Waals surface area contributed by atoms with E-state index < -0.39 is 5.97 Å². The molecule has 2 aliphatic heterocycles. The van der Waals surface area contributed by atoms with Crippen molar-refractivity contribution in [1.29, 1.82) is 0 Å². The third kappa shape index (κ3) is 2.24. The summed E-state index contributed by atoms with van der Waals surface area (Å²) in [4.78, 5) is 16.3. The summed E-state index contributed by atoms with van der Waals surface area (Å²) in [6, 6.07) is 4.35. The standard InChI is InChI=1S/C13H18N2O2S/c16-13(17)11-4-5-12(18-11)15-8-2-7-14-6-1-3-10(14)9-15/h4-5,10H,1-3,6-9H2,(H,16,17). The molecular formula is C13H18N2O2S. The molecule has 2 saturated heterocycles. The van der Waals surface area contributed by atoms with Crippen LogP contribution >= 0.6 is 11.3 Å². The number of carbonyl (C=O) groups is 1. The molecule has 18 heavy (non-hydrogen) atoms. The van der Waals surface area contributed by atoms with Crippen LogP contribution in [0, 0.1) is 0 Å². The number of fused-ring (bicyclic) bond motifs is 1. The van der Waals surface area contributed by atoms with Crippen LogP contribution in [0.4, 0.5) is 5.00 Å². The van der Waals surface area contributed by atoms with Crippen molar-refractivity contribution in [2.75, 3.05) is 31.1 Å². The van der Waals surface area contributed by atoms with E-state index in [1.54, 1.807) is 6.07 Å². The molecule has 3 heterocycles. The van der Waals surface area contributed by atoms with Crippen LogP contribution in [0.5, 0.6) is 0 Å². The zero-order valence-corrected chi connectivity index (χ0v) is 11.2. The number of carboxylic acids is 1. The van der Waals surface area contributed by atoms with E-state index >= 15 is 0 Å².